The van der Waals surface area contributed by atoms with Gasteiger partial charge in [0.05, 0.1) is 0 Å². The maximum Gasteiger partial charge on any atom is 0.272 e. The maximum atomic E-state index is 12.4. The number of hydrogen-bond acceptors (Lipinski definition) is 3. The first kappa shape index (κ1) is 14.3. The molecule has 5 nitrogen and oxygen atoms in total. The van der Waals surface area contributed by atoms with Gasteiger partial charge in [-0.25, -0.2) is 0 Å². The normalized spacial score (nSPS) is 21.4. The highest BCUT2D eigenvalue weighted by Gasteiger charge is 2.40. The fourth-order valence-electron chi connectivity index (χ4n) is 3.22. The largest absolute Gasteiger partial charge is 0.337 e. The summed E-state index contributed by atoms with van der Waals surface area (Å²) in [7, 11) is 1.82. The van der Waals surface area contributed by atoms with Crippen molar-refractivity contribution in [2.75, 3.05) is 26.2 Å². The smallest absolute Gasteiger partial charge is 0.272 e. The van der Waals surface area contributed by atoms with Gasteiger partial charge in [-0.1, -0.05) is 0 Å². The fourth-order valence-corrected chi connectivity index (χ4v) is 3.22. The van der Waals surface area contributed by atoms with Gasteiger partial charge in [0, 0.05) is 26.3 Å². The first-order valence-corrected chi connectivity index (χ1v) is 6.68. The molecule has 1 amide bonds. The van der Waals surface area contributed by atoms with Crippen LogP contribution in [0.25, 0.3) is 0 Å². The average Bonchev–Trinajstić information content (AvgIpc) is 2.97. The van der Waals surface area contributed by atoms with Gasteiger partial charge in [0.1, 0.15) is 5.69 Å². The number of hydrogen-bond donors (Lipinski definition) is 1. The van der Waals surface area contributed by atoms with Crippen LogP contribution >= 0.6 is 12.4 Å². The van der Waals surface area contributed by atoms with Crippen molar-refractivity contribution in [2.45, 2.75) is 19.3 Å². The molecule has 2 aliphatic heterocycles. The number of piperidine rings is 1. The minimum atomic E-state index is 0. The molecule has 3 rings (SSSR count). The summed E-state index contributed by atoms with van der Waals surface area (Å²) < 4.78 is 1.66. The van der Waals surface area contributed by atoms with E-state index >= 15 is 0 Å². The van der Waals surface area contributed by atoms with Crippen molar-refractivity contribution in [1.29, 1.82) is 0 Å². The van der Waals surface area contributed by atoms with Crippen LogP contribution in [0, 0.1) is 5.41 Å². The zero-order valence-electron chi connectivity index (χ0n) is 11.3. The Balaban J connectivity index is 0.00000133. The number of aromatic nitrogens is 2. The predicted octanol–water partition coefficient (Wildman–Crippen LogP) is 1.06. The van der Waals surface area contributed by atoms with Crippen molar-refractivity contribution in [1.82, 2.24) is 20.0 Å². The lowest BCUT2D eigenvalue weighted by atomic mass is 9.78. The Labute approximate surface area is 119 Å². The average molecular weight is 285 g/mol. The highest BCUT2D eigenvalue weighted by molar-refractivity contribution is 5.92. The third-order valence-electron chi connectivity index (χ3n) is 4.43. The molecule has 3 heterocycles. The molecule has 0 aliphatic carbocycles. The van der Waals surface area contributed by atoms with E-state index < -0.39 is 0 Å². The Morgan fingerprint density at radius 2 is 2.11 bits per heavy atom. The van der Waals surface area contributed by atoms with Crippen molar-refractivity contribution >= 4 is 18.3 Å². The molecule has 106 valence electrons. The van der Waals surface area contributed by atoms with Crippen LogP contribution in [0.2, 0.25) is 0 Å². The van der Waals surface area contributed by atoms with Crippen molar-refractivity contribution in [3.8, 4) is 0 Å². The second kappa shape index (κ2) is 5.51. The van der Waals surface area contributed by atoms with Crippen LogP contribution in [-0.4, -0.2) is 46.8 Å². The van der Waals surface area contributed by atoms with Crippen LogP contribution in [0.3, 0.4) is 0 Å². The molecule has 0 saturated carbocycles. The molecular weight excluding hydrogens is 264 g/mol. The van der Waals surface area contributed by atoms with Gasteiger partial charge in [-0.15, -0.1) is 12.4 Å². The van der Waals surface area contributed by atoms with Gasteiger partial charge in [0.15, 0.2) is 0 Å². The number of aryl methyl sites for hydroxylation is 1. The zero-order chi connectivity index (χ0) is 12.6. The van der Waals surface area contributed by atoms with E-state index in [4.69, 9.17) is 0 Å². The predicted molar refractivity (Wildman–Crippen MR) is 75.5 cm³/mol. The molecule has 0 radical (unpaired) electrons. The summed E-state index contributed by atoms with van der Waals surface area (Å²) in [4.78, 5) is 14.4. The summed E-state index contributed by atoms with van der Waals surface area (Å²) in [5, 5.41) is 7.47. The van der Waals surface area contributed by atoms with E-state index in [9.17, 15) is 4.79 Å². The Bertz CT molecular complexity index is 453. The summed E-state index contributed by atoms with van der Waals surface area (Å²) in [6, 6.07) is 1.80. The molecule has 1 aromatic rings. The first-order chi connectivity index (χ1) is 8.70. The standard InChI is InChI=1S/C13H20N4O.ClH/c1-16-11(2-6-15-16)12(18)17-9-5-13(10-17)3-7-14-8-4-13;/h2,6,14H,3-5,7-10H2,1H3;1H. The van der Waals surface area contributed by atoms with Crippen LogP contribution in [0.1, 0.15) is 29.8 Å². The SMILES string of the molecule is Cl.Cn1nccc1C(=O)N1CCC2(CCNCC2)C1. The first-order valence-electron chi connectivity index (χ1n) is 6.68. The molecule has 2 saturated heterocycles. The van der Waals surface area contributed by atoms with Crippen molar-refractivity contribution in [3.05, 3.63) is 18.0 Å². The Kier molecular flexibility index (Phi) is 4.16. The van der Waals surface area contributed by atoms with Crippen LogP contribution in [0.5, 0.6) is 0 Å². The molecule has 0 bridgehead atoms. The molecule has 1 N–H and O–H groups in total. The van der Waals surface area contributed by atoms with Gasteiger partial charge in [-0.05, 0) is 43.8 Å². The third kappa shape index (κ3) is 2.62. The molecule has 1 aromatic heterocycles. The minimum absolute atomic E-state index is 0. The van der Waals surface area contributed by atoms with E-state index in [2.05, 4.69) is 10.4 Å². The van der Waals surface area contributed by atoms with Crippen LogP contribution in [0.15, 0.2) is 12.3 Å². The number of carbonyl (C=O) groups is 1. The van der Waals surface area contributed by atoms with Gasteiger partial charge in [0.25, 0.3) is 5.91 Å². The second-order valence-corrected chi connectivity index (χ2v) is 5.57. The number of nitrogens with one attached hydrogen (secondary N) is 1. The second-order valence-electron chi connectivity index (χ2n) is 5.57. The highest BCUT2D eigenvalue weighted by Crippen LogP contribution is 2.38. The maximum absolute atomic E-state index is 12.4. The number of nitrogens with zero attached hydrogens (tertiary/aromatic N) is 3. The van der Waals surface area contributed by atoms with Gasteiger partial charge in [-0.2, -0.15) is 5.10 Å². The molecule has 19 heavy (non-hydrogen) atoms. The van der Waals surface area contributed by atoms with E-state index in [1.165, 1.54) is 12.8 Å². The van der Waals surface area contributed by atoms with E-state index in [1.807, 2.05) is 11.9 Å². The number of halogens is 1. The molecule has 0 unspecified atom stereocenters. The lowest BCUT2D eigenvalue weighted by Gasteiger charge is -2.33. The van der Waals surface area contributed by atoms with E-state index in [0.29, 0.717) is 11.1 Å². The number of carbonyl (C=O) groups excluding carboxylic acids is 1. The number of rotatable bonds is 1. The highest BCUT2D eigenvalue weighted by atomic mass is 35.5. The molecule has 2 aliphatic rings. The van der Waals surface area contributed by atoms with Crippen LogP contribution < -0.4 is 5.32 Å². The summed E-state index contributed by atoms with van der Waals surface area (Å²) in [6.45, 7) is 3.99. The quantitative estimate of drug-likeness (QED) is 0.839. The summed E-state index contributed by atoms with van der Waals surface area (Å²) in [5.41, 5.74) is 1.07. The van der Waals surface area contributed by atoms with Crippen molar-refractivity contribution in [2.24, 2.45) is 12.5 Å². The summed E-state index contributed by atoms with van der Waals surface area (Å²) in [6.07, 6.45) is 5.23. The Hall–Kier alpha value is -1.07. The summed E-state index contributed by atoms with van der Waals surface area (Å²) in [5.74, 6) is 0.130. The van der Waals surface area contributed by atoms with Crippen LogP contribution in [-0.2, 0) is 7.05 Å². The minimum Gasteiger partial charge on any atom is -0.337 e. The molecule has 0 aromatic carbocycles. The van der Waals surface area contributed by atoms with Gasteiger partial charge in [0.2, 0.25) is 0 Å². The molecule has 1 spiro atoms. The monoisotopic (exact) mass is 284 g/mol. The van der Waals surface area contributed by atoms with Gasteiger partial charge >= 0.3 is 0 Å². The molecular formula is C13H21ClN4O. The molecule has 2 fully saturated rings. The van der Waals surface area contributed by atoms with Crippen molar-refractivity contribution in [3.63, 3.8) is 0 Å². The lowest BCUT2D eigenvalue weighted by Crippen LogP contribution is -2.40. The Morgan fingerprint density at radius 1 is 1.37 bits per heavy atom. The number of likely N-dealkylation sites (tertiary alicyclic amines) is 1. The number of amides is 1. The van der Waals surface area contributed by atoms with Crippen LogP contribution in [0.4, 0.5) is 0 Å². The Morgan fingerprint density at radius 3 is 2.74 bits per heavy atom. The summed E-state index contributed by atoms with van der Waals surface area (Å²) >= 11 is 0. The molecule has 6 heteroatoms. The fraction of sp³-hybridized carbons (Fsp3) is 0.692. The van der Waals surface area contributed by atoms with E-state index in [-0.39, 0.29) is 18.3 Å². The van der Waals surface area contributed by atoms with Crippen molar-refractivity contribution < 1.29 is 4.79 Å². The lowest BCUT2D eigenvalue weighted by molar-refractivity contribution is 0.0751. The van der Waals surface area contributed by atoms with Gasteiger partial charge < -0.3 is 10.2 Å². The zero-order valence-corrected chi connectivity index (χ0v) is 12.1. The third-order valence-corrected chi connectivity index (χ3v) is 4.43. The molecule has 0 atom stereocenters. The van der Waals surface area contributed by atoms with E-state index in [0.717, 1.165) is 32.6 Å². The van der Waals surface area contributed by atoms with Gasteiger partial charge in [-0.3, -0.25) is 9.48 Å². The topological polar surface area (TPSA) is 50.2 Å². The van der Waals surface area contributed by atoms with E-state index in [1.54, 1.807) is 16.9 Å².